The van der Waals surface area contributed by atoms with Crippen LogP contribution in [0.15, 0.2) is 51.4 Å². The SMILES string of the molecule is Oc1ccc(Br)cc1-c1nc2ccccc2o1. The summed E-state index contributed by atoms with van der Waals surface area (Å²) in [6.45, 7) is 0. The van der Waals surface area contributed by atoms with Gasteiger partial charge in [0.15, 0.2) is 5.58 Å². The molecule has 1 heterocycles. The van der Waals surface area contributed by atoms with Crippen LogP contribution in [0.4, 0.5) is 0 Å². The zero-order valence-electron chi connectivity index (χ0n) is 8.72. The average molecular weight is 290 g/mol. The van der Waals surface area contributed by atoms with Gasteiger partial charge in [-0.15, -0.1) is 0 Å². The molecule has 0 fully saturated rings. The van der Waals surface area contributed by atoms with E-state index < -0.39 is 0 Å². The number of benzene rings is 2. The van der Waals surface area contributed by atoms with E-state index in [4.69, 9.17) is 4.42 Å². The smallest absolute Gasteiger partial charge is 0.231 e. The quantitative estimate of drug-likeness (QED) is 0.737. The third-order valence-electron chi connectivity index (χ3n) is 2.48. The summed E-state index contributed by atoms with van der Waals surface area (Å²) in [5.74, 6) is 0.574. The number of hydrogen-bond donors (Lipinski definition) is 1. The molecule has 84 valence electrons. The Morgan fingerprint density at radius 2 is 1.94 bits per heavy atom. The number of halogens is 1. The van der Waals surface area contributed by atoms with Crippen molar-refractivity contribution in [2.75, 3.05) is 0 Å². The van der Waals surface area contributed by atoms with Crippen LogP contribution in [0.1, 0.15) is 0 Å². The Kier molecular flexibility index (Phi) is 2.37. The van der Waals surface area contributed by atoms with Gasteiger partial charge in [0.05, 0.1) is 5.56 Å². The molecule has 4 heteroatoms. The second-order valence-corrected chi connectivity index (χ2v) is 4.56. The summed E-state index contributed by atoms with van der Waals surface area (Å²) >= 11 is 3.36. The highest BCUT2D eigenvalue weighted by atomic mass is 79.9. The van der Waals surface area contributed by atoms with Crippen LogP contribution in [0.25, 0.3) is 22.6 Å². The molecule has 0 bridgehead atoms. The number of phenolic OH excluding ortho intramolecular Hbond substituents is 1. The summed E-state index contributed by atoms with van der Waals surface area (Å²) in [6, 6.07) is 12.7. The van der Waals surface area contributed by atoms with Crippen LogP contribution in [-0.4, -0.2) is 10.1 Å². The van der Waals surface area contributed by atoms with E-state index in [2.05, 4.69) is 20.9 Å². The van der Waals surface area contributed by atoms with Crippen LogP contribution in [0.2, 0.25) is 0 Å². The first kappa shape index (κ1) is 10.4. The molecule has 1 N–H and O–H groups in total. The lowest BCUT2D eigenvalue weighted by molar-refractivity contribution is 0.474. The second kappa shape index (κ2) is 3.89. The van der Waals surface area contributed by atoms with E-state index in [9.17, 15) is 5.11 Å². The van der Waals surface area contributed by atoms with Crippen molar-refractivity contribution in [2.24, 2.45) is 0 Å². The fourth-order valence-electron chi connectivity index (χ4n) is 1.67. The predicted octanol–water partition coefficient (Wildman–Crippen LogP) is 3.96. The van der Waals surface area contributed by atoms with Crippen molar-refractivity contribution in [3.8, 4) is 17.2 Å². The zero-order chi connectivity index (χ0) is 11.8. The van der Waals surface area contributed by atoms with E-state index in [0.29, 0.717) is 17.0 Å². The van der Waals surface area contributed by atoms with Gasteiger partial charge in [-0.2, -0.15) is 0 Å². The van der Waals surface area contributed by atoms with Crippen molar-refractivity contribution in [2.45, 2.75) is 0 Å². The van der Waals surface area contributed by atoms with Crippen LogP contribution in [-0.2, 0) is 0 Å². The molecular formula is C13H8BrNO2. The monoisotopic (exact) mass is 289 g/mol. The molecule has 0 saturated heterocycles. The molecule has 3 rings (SSSR count). The standard InChI is InChI=1S/C13H8BrNO2/c14-8-5-6-11(16)9(7-8)13-15-10-3-1-2-4-12(10)17-13/h1-7,16H. The molecule has 0 spiro atoms. The molecule has 2 aromatic carbocycles. The van der Waals surface area contributed by atoms with Gasteiger partial charge in [0.1, 0.15) is 11.3 Å². The van der Waals surface area contributed by atoms with E-state index in [0.717, 1.165) is 9.99 Å². The fourth-order valence-corrected chi connectivity index (χ4v) is 2.03. The third-order valence-corrected chi connectivity index (χ3v) is 2.98. The molecule has 3 aromatic rings. The lowest BCUT2D eigenvalue weighted by Gasteiger charge is -1.99. The highest BCUT2D eigenvalue weighted by molar-refractivity contribution is 9.10. The summed E-state index contributed by atoms with van der Waals surface area (Å²) in [5.41, 5.74) is 2.07. The van der Waals surface area contributed by atoms with Crippen molar-refractivity contribution in [3.05, 3.63) is 46.9 Å². The summed E-state index contributed by atoms with van der Waals surface area (Å²) in [5, 5.41) is 9.79. The minimum atomic E-state index is 0.153. The normalized spacial score (nSPS) is 10.9. The molecule has 3 nitrogen and oxygen atoms in total. The number of aromatic nitrogens is 1. The summed E-state index contributed by atoms with van der Waals surface area (Å²) in [4.78, 5) is 4.34. The van der Waals surface area contributed by atoms with E-state index in [1.54, 1.807) is 18.2 Å². The van der Waals surface area contributed by atoms with Gasteiger partial charge in [-0.3, -0.25) is 0 Å². The molecule has 0 atom stereocenters. The first-order valence-corrected chi connectivity index (χ1v) is 5.88. The second-order valence-electron chi connectivity index (χ2n) is 3.65. The summed E-state index contributed by atoms with van der Waals surface area (Å²) < 4.78 is 6.47. The highest BCUT2D eigenvalue weighted by Crippen LogP contribution is 2.32. The van der Waals surface area contributed by atoms with Crippen LogP contribution in [0.3, 0.4) is 0 Å². The maximum atomic E-state index is 9.79. The number of oxazole rings is 1. The summed E-state index contributed by atoms with van der Waals surface area (Å²) in [7, 11) is 0. The minimum Gasteiger partial charge on any atom is -0.507 e. The Balaban J connectivity index is 2.23. The molecule has 0 aliphatic carbocycles. The topological polar surface area (TPSA) is 46.3 Å². The number of fused-ring (bicyclic) bond motifs is 1. The van der Waals surface area contributed by atoms with Crippen molar-refractivity contribution in [1.29, 1.82) is 0 Å². The van der Waals surface area contributed by atoms with Gasteiger partial charge in [0.2, 0.25) is 5.89 Å². The number of rotatable bonds is 1. The predicted molar refractivity (Wildman–Crippen MR) is 68.8 cm³/mol. The van der Waals surface area contributed by atoms with Gasteiger partial charge in [0.25, 0.3) is 0 Å². The van der Waals surface area contributed by atoms with E-state index in [-0.39, 0.29) is 5.75 Å². The molecule has 1 aromatic heterocycles. The highest BCUT2D eigenvalue weighted by Gasteiger charge is 2.12. The molecule has 0 radical (unpaired) electrons. The van der Waals surface area contributed by atoms with Crippen LogP contribution in [0.5, 0.6) is 5.75 Å². The van der Waals surface area contributed by atoms with Crippen LogP contribution in [0, 0.1) is 0 Å². The van der Waals surface area contributed by atoms with Crippen LogP contribution >= 0.6 is 15.9 Å². The number of nitrogens with zero attached hydrogens (tertiary/aromatic N) is 1. The largest absolute Gasteiger partial charge is 0.507 e. The van der Waals surface area contributed by atoms with E-state index in [1.807, 2.05) is 24.3 Å². The average Bonchev–Trinajstić information content (AvgIpc) is 2.75. The van der Waals surface area contributed by atoms with E-state index >= 15 is 0 Å². The molecule has 0 aliphatic heterocycles. The van der Waals surface area contributed by atoms with Gasteiger partial charge in [-0.25, -0.2) is 4.98 Å². The Labute approximate surface area is 106 Å². The molecule has 0 saturated carbocycles. The number of hydrogen-bond acceptors (Lipinski definition) is 3. The number of para-hydroxylation sites is 2. The third kappa shape index (κ3) is 1.80. The maximum absolute atomic E-state index is 9.79. The van der Waals surface area contributed by atoms with Gasteiger partial charge >= 0.3 is 0 Å². The molecule has 17 heavy (non-hydrogen) atoms. The molecule has 0 aliphatic rings. The van der Waals surface area contributed by atoms with Crippen molar-refractivity contribution in [3.63, 3.8) is 0 Å². The minimum absolute atomic E-state index is 0.153. The Bertz CT molecular complexity index is 658. The van der Waals surface area contributed by atoms with Crippen molar-refractivity contribution in [1.82, 2.24) is 4.98 Å². The van der Waals surface area contributed by atoms with Gasteiger partial charge in [-0.1, -0.05) is 28.1 Å². The Hall–Kier alpha value is -1.81. The van der Waals surface area contributed by atoms with Gasteiger partial charge in [-0.05, 0) is 30.3 Å². The summed E-state index contributed by atoms with van der Waals surface area (Å²) in [6.07, 6.45) is 0. The molecule has 0 unspecified atom stereocenters. The zero-order valence-corrected chi connectivity index (χ0v) is 10.3. The van der Waals surface area contributed by atoms with Crippen molar-refractivity contribution < 1.29 is 9.52 Å². The Morgan fingerprint density at radius 3 is 2.76 bits per heavy atom. The lowest BCUT2D eigenvalue weighted by atomic mass is 10.2. The first-order valence-electron chi connectivity index (χ1n) is 5.08. The number of aromatic hydroxyl groups is 1. The lowest BCUT2D eigenvalue weighted by Crippen LogP contribution is -1.78. The fraction of sp³-hybridized carbons (Fsp3) is 0. The maximum Gasteiger partial charge on any atom is 0.231 e. The van der Waals surface area contributed by atoms with E-state index in [1.165, 1.54) is 0 Å². The molecule has 0 amide bonds. The Morgan fingerprint density at radius 1 is 1.12 bits per heavy atom. The van der Waals surface area contributed by atoms with Crippen LogP contribution < -0.4 is 0 Å². The number of phenols is 1. The van der Waals surface area contributed by atoms with Crippen molar-refractivity contribution >= 4 is 27.0 Å². The van der Waals surface area contributed by atoms with Gasteiger partial charge < -0.3 is 9.52 Å². The van der Waals surface area contributed by atoms with Gasteiger partial charge in [0, 0.05) is 4.47 Å². The molecular weight excluding hydrogens is 282 g/mol. The first-order chi connectivity index (χ1) is 8.24.